The number of aromatic nitrogens is 3. The first kappa shape index (κ1) is 17.2. The Morgan fingerprint density at radius 1 is 1.08 bits per heavy atom. The number of H-pyrrole nitrogens is 1. The van der Waals surface area contributed by atoms with Gasteiger partial charge in [0.05, 0.1) is 13.2 Å². The van der Waals surface area contributed by atoms with E-state index in [1.54, 1.807) is 7.11 Å². The van der Waals surface area contributed by atoms with Crippen LogP contribution in [0.1, 0.15) is 43.8 Å². The highest BCUT2D eigenvalue weighted by Gasteiger charge is 2.17. The summed E-state index contributed by atoms with van der Waals surface area (Å²) in [7, 11) is 1.64. The van der Waals surface area contributed by atoms with Crippen LogP contribution in [0.4, 0.5) is 0 Å². The average Bonchev–Trinajstić information content (AvgIpc) is 3.10. The van der Waals surface area contributed by atoms with Crippen molar-refractivity contribution in [3.8, 4) is 17.1 Å². The lowest BCUT2D eigenvalue weighted by Gasteiger charge is -2.18. The number of nitrogens with one attached hydrogen (secondary N) is 1. The summed E-state index contributed by atoms with van der Waals surface area (Å²) in [6, 6.07) is 15.6. The summed E-state index contributed by atoms with van der Waals surface area (Å²) >= 11 is 0. The van der Waals surface area contributed by atoms with Gasteiger partial charge >= 0.3 is 0 Å². The molecule has 5 nitrogen and oxygen atoms in total. The first-order valence-electron chi connectivity index (χ1n) is 8.31. The van der Waals surface area contributed by atoms with Gasteiger partial charge in [-0.1, -0.05) is 57.2 Å². The molecule has 25 heavy (non-hydrogen) atoms. The second kappa shape index (κ2) is 6.69. The number of hydrogen-bond acceptors (Lipinski definition) is 4. The zero-order valence-corrected chi connectivity index (χ0v) is 15.1. The Balaban J connectivity index is 1.84. The van der Waals surface area contributed by atoms with Crippen LogP contribution < -0.4 is 10.5 Å². The molecule has 0 fully saturated rings. The molecule has 1 unspecified atom stereocenters. The topological polar surface area (TPSA) is 76.8 Å². The third kappa shape index (κ3) is 3.72. The molecule has 2 aromatic carbocycles. The summed E-state index contributed by atoms with van der Waals surface area (Å²) in [6.07, 6.45) is 0. The summed E-state index contributed by atoms with van der Waals surface area (Å²) < 4.78 is 5.25. The predicted molar refractivity (Wildman–Crippen MR) is 99.5 cm³/mol. The fourth-order valence-electron chi connectivity index (χ4n) is 2.65. The van der Waals surface area contributed by atoms with Crippen LogP contribution >= 0.6 is 0 Å². The van der Waals surface area contributed by atoms with Crippen molar-refractivity contribution >= 4 is 0 Å². The van der Waals surface area contributed by atoms with E-state index < -0.39 is 0 Å². The molecule has 0 saturated heterocycles. The number of benzene rings is 2. The first-order chi connectivity index (χ1) is 11.9. The van der Waals surface area contributed by atoms with E-state index in [-0.39, 0.29) is 11.5 Å². The van der Waals surface area contributed by atoms with Crippen molar-refractivity contribution < 1.29 is 4.74 Å². The van der Waals surface area contributed by atoms with E-state index in [9.17, 15) is 0 Å². The molecular formula is C20H24N4O. The third-order valence-corrected chi connectivity index (χ3v) is 4.26. The van der Waals surface area contributed by atoms with E-state index in [2.05, 4.69) is 48.1 Å². The Morgan fingerprint density at radius 3 is 2.44 bits per heavy atom. The van der Waals surface area contributed by atoms with Gasteiger partial charge in [0.1, 0.15) is 11.6 Å². The highest BCUT2D eigenvalue weighted by atomic mass is 16.5. The molecular weight excluding hydrogens is 312 g/mol. The van der Waals surface area contributed by atoms with Crippen LogP contribution in [0.25, 0.3) is 11.4 Å². The molecule has 5 heteroatoms. The molecule has 0 aliphatic carbocycles. The molecule has 3 rings (SSSR count). The maximum absolute atomic E-state index is 6.32. The van der Waals surface area contributed by atoms with E-state index in [0.29, 0.717) is 11.6 Å². The van der Waals surface area contributed by atoms with Crippen molar-refractivity contribution in [3.05, 3.63) is 65.5 Å². The van der Waals surface area contributed by atoms with Gasteiger partial charge in [0.15, 0.2) is 5.82 Å². The van der Waals surface area contributed by atoms with Crippen LogP contribution in [0.2, 0.25) is 0 Å². The Kier molecular flexibility index (Phi) is 4.59. The Hall–Kier alpha value is -2.66. The molecule has 0 radical (unpaired) electrons. The number of nitrogens with zero attached hydrogens (tertiary/aromatic N) is 2. The molecule has 1 aromatic heterocycles. The maximum atomic E-state index is 6.32. The molecule has 1 heterocycles. The highest BCUT2D eigenvalue weighted by molar-refractivity contribution is 5.55. The number of rotatable bonds is 4. The smallest absolute Gasteiger partial charge is 0.181 e. The number of nitrogens with two attached hydrogens (primary N) is 1. The van der Waals surface area contributed by atoms with Gasteiger partial charge in [0.2, 0.25) is 0 Å². The quantitative estimate of drug-likeness (QED) is 0.759. The minimum Gasteiger partial charge on any atom is -0.497 e. The number of methoxy groups -OCH3 is 1. The van der Waals surface area contributed by atoms with Gasteiger partial charge < -0.3 is 10.5 Å². The van der Waals surface area contributed by atoms with Crippen LogP contribution in [-0.2, 0) is 5.41 Å². The van der Waals surface area contributed by atoms with Crippen molar-refractivity contribution in [3.63, 3.8) is 0 Å². The molecule has 3 N–H and O–H groups in total. The summed E-state index contributed by atoms with van der Waals surface area (Å²) in [4.78, 5) is 4.57. The molecule has 0 aliphatic rings. The zero-order chi connectivity index (χ0) is 18.0. The number of aromatic amines is 1. The van der Waals surface area contributed by atoms with Crippen molar-refractivity contribution in [1.29, 1.82) is 0 Å². The summed E-state index contributed by atoms with van der Waals surface area (Å²) in [5.74, 6) is 2.04. The Labute approximate surface area is 148 Å². The van der Waals surface area contributed by atoms with Crippen molar-refractivity contribution in [2.75, 3.05) is 7.11 Å². The van der Waals surface area contributed by atoms with E-state index >= 15 is 0 Å². The fourth-order valence-corrected chi connectivity index (χ4v) is 2.65. The fraction of sp³-hybridized carbons (Fsp3) is 0.300. The molecule has 130 valence electrons. The molecule has 1 atom stereocenters. The number of ether oxygens (including phenoxy) is 1. The van der Waals surface area contributed by atoms with E-state index in [0.717, 1.165) is 16.9 Å². The second-order valence-electron chi connectivity index (χ2n) is 7.13. The van der Waals surface area contributed by atoms with Gasteiger partial charge in [-0.3, -0.25) is 5.10 Å². The lowest BCUT2D eigenvalue weighted by Crippen LogP contribution is -2.13. The lowest BCUT2D eigenvalue weighted by atomic mass is 9.87. The van der Waals surface area contributed by atoms with Gasteiger partial charge in [0.25, 0.3) is 0 Å². The van der Waals surface area contributed by atoms with Crippen molar-refractivity contribution in [1.82, 2.24) is 15.2 Å². The minimum absolute atomic E-state index is 0.122. The third-order valence-electron chi connectivity index (χ3n) is 4.26. The van der Waals surface area contributed by atoms with Crippen LogP contribution in [-0.4, -0.2) is 22.3 Å². The predicted octanol–water partition coefficient (Wildman–Crippen LogP) is 3.83. The zero-order valence-electron chi connectivity index (χ0n) is 15.1. The summed E-state index contributed by atoms with van der Waals surface area (Å²) in [6.45, 7) is 6.58. The second-order valence-corrected chi connectivity index (χ2v) is 7.13. The Bertz CT molecular complexity index is 847. The summed E-state index contributed by atoms with van der Waals surface area (Å²) in [5, 5.41) is 7.28. The van der Waals surface area contributed by atoms with Crippen LogP contribution in [0, 0.1) is 0 Å². The molecule has 0 saturated carbocycles. The molecule has 0 spiro atoms. The Morgan fingerprint density at radius 2 is 1.80 bits per heavy atom. The maximum Gasteiger partial charge on any atom is 0.181 e. The lowest BCUT2D eigenvalue weighted by molar-refractivity contribution is 0.414. The molecule has 0 amide bonds. The SMILES string of the molecule is COc1cccc(C(N)c2nc(-c3ccc(C(C)(C)C)cc3)n[nH]2)c1. The highest BCUT2D eigenvalue weighted by Crippen LogP contribution is 2.26. The molecule has 3 aromatic rings. The van der Waals surface area contributed by atoms with Gasteiger partial charge in [0, 0.05) is 5.56 Å². The summed E-state index contributed by atoms with van der Waals surface area (Å²) in [5.41, 5.74) is 9.61. The van der Waals surface area contributed by atoms with Crippen molar-refractivity contribution in [2.45, 2.75) is 32.2 Å². The van der Waals surface area contributed by atoms with Crippen molar-refractivity contribution in [2.24, 2.45) is 5.73 Å². The van der Waals surface area contributed by atoms with Crippen LogP contribution in [0.15, 0.2) is 48.5 Å². The van der Waals surface area contributed by atoms with Crippen LogP contribution in [0.5, 0.6) is 5.75 Å². The van der Waals surface area contributed by atoms with Gasteiger partial charge in [-0.2, -0.15) is 5.10 Å². The monoisotopic (exact) mass is 336 g/mol. The molecule has 0 bridgehead atoms. The average molecular weight is 336 g/mol. The van der Waals surface area contributed by atoms with Crippen LogP contribution in [0.3, 0.4) is 0 Å². The first-order valence-corrected chi connectivity index (χ1v) is 8.31. The minimum atomic E-state index is -0.384. The van der Waals surface area contributed by atoms with Gasteiger partial charge in [-0.05, 0) is 28.7 Å². The van der Waals surface area contributed by atoms with E-state index in [1.807, 2.05) is 36.4 Å². The van der Waals surface area contributed by atoms with Gasteiger partial charge in [-0.25, -0.2) is 4.98 Å². The van der Waals surface area contributed by atoms with E-state index in [1.165, 1.54) is 5.56 Å². The van der Waals surface area contributed by atoms with Gasteiger partial charge in [-0.15, -0.1) is 0 Å². The van der Waals surface area contributed by atoms with E-state index in [4.69, 9.17) is 10.5 Å². The number of hydrogen-bond donors (Lipinski definition) is 2. The largest absolute Gasteiger partial charge is 0.497 e. The normalized spacial score (nSPS) is 12.8. The standard InChI is InChI=1S/C20H24N4O/c1-20(2,3)15-10-8-13(9-11-15)18-22-19(24-23-18)17(21)14-6-5-7-16(12-14)25-4/h5-12,17H,21H2,1-4H3,(H,22,23,24). The molecule has 0 aliphatic heterocycles.